The molecule has 2 rings (SSSR count). The minimum absolute atomic E-state index is 0.110. The van der Waals surface area contributed by atoms with E-state index in [1.165, 1.54) is 0 Å². The molecule has 9 heteroatoms. The summed E-state index contributed by atoms with van der Waals surface area (Å²) in [4.78, 5) is 27.4. The van der Waals surface area contributed by atoms with Crippen LogP contribution < -0.4 is 10.3 Å². The topological polar surface area (TPSA) is 98.1 Å². The van der Waals surface area contributed by atoms with Crippen molar-refractivity contribution in [2.75, 3.05) is 0 Å². The van der Waals surface area contributed by atoms with E-state index in [0.29, 0.717) is 0 Å². The number of nitrogens with one attached hydrogen (secondary N) is 1. The van der Waals surface area contributed by atoms with Crippen molar-refractivity contribution in [1.82, 2.24) is 9.97 Å². The van der Waals surface area contributed by atoms with Crippen LogP contribution in [0.4, 0.5) is 10.1 Å². The lowest BCUT2D eigenvalue weighted by atomic mass is 10.3. The number of nitrogens with zero attached hydrogens (tertiary/aromatic N) is 2. The highest BCUT2D eigenvalue weighted by atomic mass is 127. The summed E-state index contributed by atoms with van der Waals surface area (Å²) >= 11 is 1.67. The van der Waals surface area contributed by atoms with E-state index in [2.05, 4.69) is 9.97 Å². The van der Waals surface area contributed by atoms with Crippen LogP contribution in [-0.2, 0) is 0 Å². The molecule has 0 radical (unpaired) electrons. The van der Waals surface area contributed by atoms with Crippen molar-refractivity contribution in [3.63, 3.8) is 0 Å². The third kappa shape index (κ3) is 2.86. The zero-order valence-corrected chi connectivity index (χ0v) is 11.3. The first kappa shape index (κ1) is 13.4. The van der Waals surface area contributed by atoms with Crippen molar-refractivity contribution < 1.29 is 14.1 Å². The molecule has 1 aromatic heterocycles. The van der Waals surface area contributed by atoms with Crippen LogP contribution >= 0.6 is 22.6 Å². The molecule has 0 amide bonds. The van der Waals surface area contributed by atoms with E-state index in [1.807, 2.05) is 0 Å². The Morgan fingerprint density at radius 1 is 1.47 bits per heavy atom. The first-order chi connectivity index (χ1) is 8.99. The van der Waals surface area contributed by atoms with Gasteiger partial charge in [0, 0.05) is 12.1 Å². The smallest absolute Gasteiger partial charge is 0.311 e. The van der Waals surface area contributed by atoms with Gasteiger partial charge in [0.2, 0.25) is 11.6 Å². The third-order valence-electron chi connectivity index (χ3n) is 2.09. The SMILES string of the molecule is O=c1[nH]cnc(Oc2cc(F)ccc2[N+](=O)[O-])c1I. The van der Waals surface area contributed by atoms with E-state index in [4.69, 9.17) is 4.74 Å². The number of benzene rings is 1. The highest BCUT2D eigenvalue weighted by Gasteiger charge is 2.18. The van der Waals surface area contributed by atoms with E-state index < -0.39 is 22.0 Å². The summed E-state index contributed by atoms with van der Waals surface area (Å²) in [6, 6.07) is 2.78. The molecular weight excluding hydrogens is 372 g/mol. The molecular formula is C10H5FIN3O4. The highest BCUT2D eigenvalue weighted by molar-refractivity contribution is 14.1. The van der Waals surface area contributed by atoms with Crippen LogP contribution in [0, 0.1) is 19.5 Å². The molecule has 19 heavy (non-hydrogen) atoms. The number of aromatic nitrogens is 2. The molecule has 0 saturated carbocycles. The number of nitro groups is 1. The van der Waals surface area contributed by atoms with E-state index in [1.54, 1.807) is 22.6 Å². The van der Waals surface area contributed by atoms with Gasteiger partial charge in [0.05, 0.1) is 11.3 Å². The Hall–Kier alpha value is -2.04. The molecule has 1 N–H and O–H groups in total. The van der Waals surface area contributed by atoms with Gasteiger partial charge in [-0.15, -0.1) is 0 Å². The normalized spacial score (nSPS) is 10.2. The Morgan fingerprint density at radius 2 is 2.21 bits per heavy atom. The summed E-state index contributed by atoms with van der Waals surface area (Å²) in [6.45, 7) is 0. The first-order valence-electron chi connectivity index (χ1n) is 4.84. The summed E-state index contributed by atoms with van der Waals surface area (Å²) in [5, 5.41) is 10.8. The van der Waals surface area contributed by atoms with E-state index in [9.17, 15) is 19.3 Å². The second kappa shape index (κ2) is 5.30. The Bertz CT molecular complexity index is 703. The molecule has 0 aliphatic heterocycles. The lowest BCUT2D eigenvalue weighted by Crippen LogP contribution is -2.11. The van der Waals surface area contributed by atoms with Crippen LogP contribution in [0.1, 0.15) is 0 Å². The molecule has 0 aliphatic carbocycles. The summed E-state index contributed by atoms with van der Waals surface area (Å²) in [5.74, 6) is -1.14. The number of ether oxygens (including phenoxy) is 1. The molecule has 1 heterocycles. The number of aromatic amines is 1. The maximum atomic E-state index is 13.1. The van der Waals surface area contributed by atoms with Gasteiger partial charge in [0.15, 0.2) is 0 Å². The number of nitro benzene ring substituents is 1. The third-order valence-corrected chi connectivity index (χ3v) is 3.04. The molecule has 7 nitrogen and oxygen atoms in total. The standard InChI is InChI=1S/C10H5FIN3O4/c11-5-1-2-6(15(17)18)7(3-5)19-10-8(12)9(16)13-4-14-10/h1-4H,(H,13,14,16). The number of hydrogen-bond donors (Lipinski definition) is 1. The minimum atomic E-state index is -0.713. The van der Waals surface area contributed by atoms with Crippen molar-refractivity contribution in [2.45, 2.75) is 0 Å². The monoisotopic (exact) mass is 377 g/mol. The minimum Gasteiger partial charge on any atom is -0.430 e. The molecule has 98 valence electrons. The van der Waals surface area contributed by atoms with Crippen molar-refractivity contribution in [3.05, 3.63) is 54.4 Å². The molecule has 0 aliphatic rings. The summed E-state index contributed by atoms with van der Waals surface area (Å²) in [6.07, 6.45) is 1.09. The largest absolute Gasteiger partial charge is 0.430 e. The number of hydrogen-bond acceptors (Lipinski definition) is 5. The Labute approximate surface area is 118 Å². The maximum absolute atomic E-state index is 13.1. The van der Waals surface area contributed by atoms with Crippen molar-refractivity contribution >= 4 is 28.3 Å². The number of rotatable bonds is 3. The maximum Gasteiger partial charge on any atom is 0.311 e. The van der Waals surface area contributed by atoms with Crippen LogP contribution in [0.3, 0.4) is 0 Å². The van der Waals surface area contributed by atoms with E-state index >= 15 is 0 Å². The average molecular weight is 377 g/mol. The van der Waals surface area contributed by atoms with Crippen molar-refractivity contribution in [1.29, 1.82) is 0 Å². The lowest BCUT2D eigenvalue weighted by molar-refractivity contribution is -0.385. The zero-order chi connectivity index (χ0) is 14.0. The fourth-order valence-electron chi connectivity index (χ4n) is 1.26. The highest BCUT2D eigenvalue weighted by Crippen LogP contribution is 2.31. The molecule has 1 aromatic carbocycles. The van der Waals surface area contributed by atoms with Crippen LogP contribution in [0.2, 0.25) is 0 Å². The number of H-pyrrole nitrogens is 1. The number of halogens is 2. The Kier molecular flexibility index (Phi) is 3.74. The Balaban J connectivity index is 2.48. The van der Waals surface area contributed by atoms with Gasteiger partial charge in [-0.25, -0.2) is 9.37 Å². The van der Waals surface area contributed by atoms with Crippen molar-refractivity contribution in [3.8, 4) is 11.6 Å². The van der Waals surface area contributed by atoms with Crippen LogP contribution in [0.5, 0.6) is 11.6 Å². The molecule has 0 atom stereocenters. The quantitative estimate of drug-likeness (QED) is 0.503. The van der Waals surface area contributed by atoms with Crippen LogP contribution in [0.15, 0.2) is 29.3 Å². The molecule has 0 unspecified atom stereocenters. The first-order valence-corrected chi connectivity index (χ1v) is 5.92. The van der Waals surface area contributed by atoms with Gasteiger partial charge in [-0.05, 0) is 28.7 Å². The molecule has 0 fully saturated rings. The average Bonchev–Trinajstić information content (AvgIpc) is 2.35. The predicted octanol–water partition coefficient (Wildman–Crippen LogP) is 2.21. The zero-order valence-electron chi connectivity index (χ0n) is 9.09. The lowest BCUT2D eigenvalue weighted by Gasteiger charge is -2.06. The van der Waals surface area contributed by atoms with Gasteiger partial charge < -0.3 is 9.72 Å². The summed E-state index contributed by atoms with van der Waals surface area (Å²) in [7, 11) is 0. The van der Waals surface area contributed by atoms with Gasteiger partial charge in [-0.3, -0.25) is 14.9 Å². The molecule has 2 aromatic rings. The summed E-state index contributed by atoms with van der Waals surface area (Å²) in [5.41, 5.74) is -0.871. The van der Waals surface area contributed by atoms with Gasteiger partial charge in [-0.1, -0.05) is 0 Å². The van der Waals surface area contributed by atoms with Gasteiger partial charge in [0.25, 0.3) is 5.56 Å². The van der Waals surface area contributed by atoms with Crippen molar-refractivity contribution in [2.24, 2.45) is 0 Å². The van der Waals surface area contributed by atoms with Gasteiger partial charge in [-0.2, -0.15) is 0 Å². The Morgan fingerprint density at radius 3 is 2.89 bits per heavy atom. The fraction of sp³-hybridized carbons (Fsp3) is 0. The van der Waals surface area contributed by atoms with Gasteiger partial charge in [0.1, 0.15) is 9.39 Å². The predicted molar refractivity (Wildman–Crippen MR) is 70.7 cm³/mol. The van der Waals surface area contributed by atoms with Gasteiger partial charge >= 0.3 is 5.69 Å². The molecule has 0 spiro atoms. The molecule has 0 bridgehead atoms. The second-order valence-electron chi connectivity index (χ2n) is 3.32. The second-order valence-corrected chi connectivity index (χ2v) is 4.40. The molecule has 0 saturated heterocycles. The van der Waals surface area contributed by atoms with Crippen LogP contribution in [0.25, 0.3) is 0 Å². The van der Waals surface area contributed by atoms with E-state index in [-0.39, 0.29) is 15.2 Å². The van der Waals surface area contributed by atoms with Crippen LogP contribution in [-0.4, -0.2) is 14.9 Å². The summed E-state index contributed by atoms with van der Waals surface area (Å²) < 4.78 is 18.4. The van der Waals surface area contributed by atoms with E-state index in [0.717, 1.165) is 24.5 Å². The fourth-order valence-corrected chi connectivity index (χ4v) is 1.67.